The van der Waals surface area contributed by atoms with Gasteiger partial charge in [-0.15, -0.1) is 5.10 Å². The van der Waals surface area contributed by atoms with E-state index in [2.05, 4.69) is 30.8 Å². The number of anilines is 1. The van der Waals surface area contributed by atoms with Crippen LogP contribution < -0.4 is 10.6 Å². The zero-order valence-electron chi connectivity index (χ0n) is 15.3. The van der Waals surface area contributed by atoms with E-state index in [0.29, 0.717) is 29.5 Å². The van der Waals surface area contributed by atoms with Gasteiger partial charge < -0.3 is 10.6 Å². The highest BCUT2D eigenvalue weighted by molar-refractivity contribution is 5.92. The molecule has 0 bridgehead atoms. The lowest BCUT2D eigenvalue weighted by Crippen LogP contribution is -2.38. The highest BCUT2D eigenvalue weighted by Gasteiger charge is 2.23. The van der Waals surface area contributed by atoms with E-state index < -0.39 is 0 Å². The fourth-order valence-corrected chi connectivity index (χ4v) is 3.45. The van der Waals surface area contributed by atoms with Crippen LogP contribution in [0.4, 0.5) is 5.95 Å². The zero-order chi connectivity index (χ0) is 19.1. The Bertz CT molecular complexity index is 1180. The lowest BCUT2D eigenvalue weighted by atomic mass is 10.1. The van der Waals surface area contributed by atoms with Crippen LogP contribution in [0.1, 0.15) is 19.3 Å². The van der Waals surface area contributed by atoms with Gasteiger partial charge in [0, 0.05) is 31.4 Å². The summed E-state index contributed by atoms with van der Waals surface area (Å²) >= 11 is 0. The second kappa shape index (κ2) is 6.55. The van der Waals surface area contributed by atoms with Crippen LogP contribution >= 0.6 is 0 Å². The molecule has 0 aliphatic carbocycles. The fourth-order valence-electron chi connectivity index (χ4n) is 3.45. The van der Waals surface area contributed by atoms with E-state index in [4.69, 9.17) is 4.98 Å². The van der Waals surface area contributed by atoms with E-state index in [1.165, 1.54) is 0 Å². The van der Waals surface area contributed by atoms with Crippen molar-refractivity contribution in [3.63, 3.8) is 0 Å². The van der Waals surface area contributed by atoms with Gasteiger partial charge in [0.2, 0.25) is 11.9 Å². The monoisotopic (exact) mass is 377 g/mol. The first-order valence-electron chi connectivity index (χ1n) is 9.23. The molecule has 0 aromatic carbocycles. The molecule has 0 spiro atoms. The topological polar surface area (TPSA) is 115 Å². The number of amides is 1. The molecule has 1 aliphatic rings. The minimum Gasteiger partial charge on any atom is -0.354 e. The van der Waals surface area contributed by atoms with Crippen LogP contribution in [0.2, 0.25) is 0 Å². The lowest BCUT2D eigenvalue weighted by Gasteiger charge is -2.16. The molecule has 2 N–H and O–H groups in total. The minimum absolute atomic E-state index is 0.0219. The number of nitrogens with one attached hydrogen (secondary N) is 2. The van der Waals surface area contributed by atoms with Gasteiger partial charge in [-0.3, -0.25) is 14.5 Å². The first-order valence-corrected chi connectivity index (χ1v) is 9.23. The highest BCUT2D eigenvalue weighted by Crippen LogP contribution is 2.24. The molecular weight excluding hydrogens is 358 g/mol. The van der Waals surface area contributed by atoms with E-state index in [-0.39, 0.29) is 11.9 Å². The Hall–Kier alpha value is -3.56. The average molecular weight is 377 g/mol. The van der Waals surface area contributed by atoms with Crippen LogP contribution in [0.15, 0.2) is 30.9 Å². The van der Waals surface area contributed by atoms with Crippen LogP contribution in [0, 0.1) is 0 Å². The smallest absolute Gasteiger partial charge is 0.242 e. The number of pyridine rings is 1. The van der Waals surface area contributed by atoms with E-state index in [1.807, 2.05) is 19.3 Å². The third kappa shape index (κ3) is 2.82. The van der Waals surface area contributed by atoms with Gasteiger partial charge in [0.15, 0.2) is 11.5 Å². The number of fused-ring (bicyclic) bond motifs is 3. The van der Waals surface area contributed by atoms with Gasteiger partial charge in [0.05, 0.1) is 23.5 Å². The standard InChI is InChI=1S/C18H19N9O/c1-26-10-11(8-21-26)15-24-16-12-5-7-19-9-14(12)23-18(27(16)25-15)22-13-4-2-3-6-20-17(13)28/h5,7-10,13H,2-4,6H2,1H3,(H,20,28)(H,22,23)/t13-/m1/s1. The Labute approximate surface area is 160 Å². The number of aryl methyl sites for hydroxylation is 1. The zero-order valence-corrected chi connectivity index (χ0v) is 15.3. The SMILES string of the molecule is Cn1cc(-c2nc3c4ccncc4nc(N[C@@H]4CCCCNC4=O)n3n2)cn1. The summed E-state index contributed by atoms with van der Waals surface area (Å²) in [4.78, 5) is 25.9. The molecular formula is C18H19N9O. The van der Waals surface area contributed by atoms with Gasteiger partial charge in [0.1, 0.15) is 6.04 Å². The summed E-state index contributed by atoms with van der Waals surface area (Å²) in [5, 5.41) is 15.9. The lowest BCUT2D eigenvalue weighted by molar-refractivity contribution is -0.121. The molecule has 1 atom stereocenters. The summed E-state index contributed by atoms with van der Waals surface area (Å²) in [5.74, 6) is 0.999. The average Bonchev–Trinajstić information content (AvgIpc) is 3.28. The summed E-state index contributed by atoms with van der Waals surface area (Å²) in [6.07, 6.45) is 9.65. The second-order valence-electron chi connectivity index (χ2n) is 6.89. The van der Waals surface area contributed by atoms with Gasteiger partial charge in [-0.1, -0.05) is 0 Å². The summed E-state index contributed by atoms with van der Waals surface area (Å²) in [6.45, 7) is 0.704. The maximum Gasteiger partial charge on any atom is 0.242 e. The summed E-state index contributed by atoms with van der Waals surface area (Å²) in [5.41, 5.74) is 2.16. The molecule has 142 valence electrons. The van der Waals surface area contributed by atoms with Crippen LogP contribution in [-0.2, 0) is 11.8 Å². The molecule has 1 amide bonds. The molecule has 4 aromatic heterocycles. The van der Waals surface area contributed by atoms with Gasteiger partial charge in [-0.2, -0.15) is 9.61 Å². The van der Waals surface area contributed by atoms with Crippen molar-refractivity contribution in [3.05, 3.63) is 30.9 Å². The molecule has 1 saturated heterocycles. The molecule has 1 fully saturated rings. The van der Waals surface area contributed by atoms with Crippen molar-refractivity contribution in [3.8, 4) is 11.4 Å². The van der Waals surface area contributed by atoms with Crippen LogP contribution in [0.3, 0.4) is 0 Å². The van der Waals surface area contributed by atoms with E-state index in [9.17, 15) is 4.79 Å². The normalized spacial score (nSPS) is 17.6. The number of carbonyl (C=O) groups excluding carboxylic acids is 1. The number of nitrogens with zero attached hydrogens (tertiary/aromatic N) is 7. The Morgan fingerprint density at radius 1 is 1.25 bits per heavy atom. The van der Waals surface area contributed by atoms with Crippen molar-refractivity contribution in [2.45, 2.75) is 25.3 Å². The number of rotatable bonds is 3. The summed E-state index contributed by atoms with van der Waals surface area (Å²) < 4.78 is 3.36. The molecule has 5 rings (SSSR count). The van der Waals surface area contributed by atoms with Crippen molar-refractivity contribution in [1.82, 2.24) is 39.7 Å². The Morgan fingerprint density at radius 3 is 3.04 bits per heavy atom. The van der Waals surface area contributed by atoms with E-state index in [1.54, 1.807) is 27.8 Å². The molecule has 0 saturated carbocycles. The maximum atomic E-state index is 12.4. The Kier molecular flexibility index (Phi) is 3.89. The number of hydrogen-bond donors (Lipinski definition) is 2. The van der Waals surface area contributed by atoms with Gasteiger partial charge in [0.25, 0.3) is 0 Å². The van der Waals surface area contributed by atoms with Gasteiger partial charge in [-0.05, 0) is 25.3 Å². The molecule has 0 radical (unpaired) electrons. The fraction of sp³-hybridized carbons (Fsp3) is 0.333. The number of hydrogen-bond acceptors (Lipinski definition) is 7. The Morgan fingerprint density at radius 2 is 2.18 bits per heavy atom. The van der Waals surface area contributed by atoms with Crippen LogP contribution in [0.25, 0.3) is 27.9 Å². The highest BCUT2D eigenvalue weighted by atomic mass is 16.2. The van der Waals surface area contributed by atoms with Crippen molar-refractivity contribution in [2.24, 2.45) is 7.05 Å². The largest absolute Gasteiger partial charge is 0.354 e. The molecule has 28 heavy (non-hydrogen) atoms. The quantitative estimate of drug-likeness (QED) is 0.550. The predicted molar refractivity (Wildman–Crippen MR) is 103 cm³/mol. The summed E-state index contributed by atoms with van der Waals surface area (Å²) in [7, 11) is 1.85. The molecule has 4 aromatic rings. The maximum absolute atomic E-state index is 12.4. The van der Waals surface area contributed by atoms with Crippen LogP contribution in [-0.4, -0.2) is 52.8 Å². The molecule has 10 heteroatoms. The number of aromatic nitrogens is 7. The third-order valence-electron chi connectivity index (χ3n) is 4.88. The molecule has 5 heterocycles. The third-order valence-corrected chi connectivity index (χ3v) is 4.88. The molecule has 0 unspecified atom stereocenters. The van der Waals surface area contributed by atoms with Crippen molar-refractivity contribution < 1.29 is 4.79 Å². The minimum atomic E-state index is -0.363. The van der Waals surface area contributed by atoms with Gasteiger partial charge >= 0.3 is 0 Å². The molecule has 1 aliphatic heterocycles. The van der Waals surface area contributed by atoms with Gasteiger partial charge in [-0.25, -0.2) is 9.97 Å². The number of carbonyl (C=O) groups is 1. The van der Waals surface area contributed by atoms with Crippen molar-refractivity contribution in [2.75, 3.05) is 11.9 Å². The Balaban J connectivity index is 1.66. The predicted octanol–water partition coefficient (Wildman–Crippen LogP) is 1.15. The summed E-state index contributed by atoms with van der Waals surface area (Å²) in [6, 6.07) is 1.50. The van der Waals surface area contributed by atoms with E-state index >= 15 is 0 Å². The van der Waals surface area contributed by atoms with Crippen molar-refractivity contribution in [1.29, 1.82) is 0 Å². The van der Waals surface area contributed by atoms with E-state index in [0.717, 1.165) is 30.2 Å². The van der Waals surface area contributed by atoms with Crippen molar-refractivity contribution >= 4 is 28.4 Å². The first-order chi connectivity index (χ1) is 13.7. The van der Waals surface area contributed by atoms with Crippen LogP contribution in [0.5, 0.6) is 0 Å². The second-order valence-corrected chi connectivity index (χ2v) is 6.89. The first kappa shape index (κ1) is 16.6. The molecule has 10 nitrogen and oxygen atoms in total.